The van der Waals surface area contributed by atoms with Gasteiger partial charge in [-0.2, -0.15) is 0 Å². The molecule has 0 aliphatic heterocycles. The molecule has 0 unspecified atom stereocenters. The van der Waals surface area contributed by atoms with Crippen LogP contribution in [0.5, 0.6) is 0 Å². The van der Waals surface area contributed by atoms with E-state index in [2.05, 4.69) is 165 Å². The van der Waals surface area contributed by atoms with E-state index in [9.17, 15) is 0 Å². The molecule has 6 aromatic carbocycles. The molecule has 0 bridgehead atoms. The van der Waals surface area contributed by atoms with Gasteiger partial charge in [0, 0.05) is 0 Å². The molecular formula is C39H30Br2Cl2Zr. The Hall–Kier alpha value is -2.39. The minimum absolute atomic E-state index is 0. The Bertz CT molecular complexity index is 2160. The van der Waals surface area contributed by atoms with E-state index in [0.717, 1.165) is 21.8 Å². The third kappa shape index (κ3) is 4.34. The summed E-state index contributed by atoms with van der Waals surface area (Å²) in [4.78, 5) is 0. The van der Waals surface area contributed by atoms with Crippen molar-refractivity contribution < 1.29 is 18.3 Å². The van der Waals surface area contributed by atoms with Crippen molar-refractivity contribution in [2.24, 2.45) is 0 Å². The molecule has 0 saturated heterocycles. The van der Waals surface area contributed by atoms with Crippen LogP contribution in [0.3, 0.4) is 0 Å². The first-order valence-corrected chi connectivity index (χ1v) is 22.7. The molecule has 0 nitrogen and oxygen atoms in total. The molecule has 8 rings (SSSR count). The summed E-state index contributed by atoms with van der Waals surface area (Å²) in [5, 5.41) is 5.40. The zero-order valence-electron chi connectivity index (χ0n) is 23.9. The maximum absolute atomic E-state index is 5.63. The fraction of sp³-hybridized carbons (Fsp3) is 0.0513. The summed E-state index contributed by atoms with van der Waals surface area (Å²) < 4.78 is 13.4. The maximum atomic E-state index is 5.63. The third-order valence-electron chi connectivity index (χ3n) is 9.85. The summed E-state index contributed by atoms with van der Waals surface area (Å²) in [5.41, 5.74) is 5.63. The molecule has 6 aromatic rings. The minimum atomic E-state index is -4.81. The van der Waals surface area contributed by atoms with E-state index in [4.69, 9.17) is 4.21 Å². The van der Waals surface area contributed by atoms with E-state index in [1.807, 2.05) is 0 Å². The predicted molar refractivity (Wildman–Crippen MR) is 200 cm³/mol. The molecule has 0 spiro atoms. The molecule has 2 aliphatic rings. The van der Waals surface area contributed by atoms with Gasteiger partial charge in [0.15, 0.2) is 0 Å². The molecule has 0 radical (unpaired) electrons. The first-order chi connectivity index (χ1) is 20.5. The third-order valence-corrected chi connectivity index (χ3v) is 27.1. The van der Waals surface area contributed by atoms with Gasteiger partial charge < -0.3 is 0 Å². The predicted octanol–water partition coefficient (Wildman–Crippen LogP) is 10.2. The zero-order valence-corrected chi connectivity index (χ0v) is 31.2. The van der Waals surface area contributed by atoms with Crippen molar-refractivity contribution in [3.05, 3.63) is 157 Å². The normalized spacial score (nSPS) is 13.7. The van der Waals surface area contributed by atoms with Crippen LogP contribution in [0.4, 0.5) is 0 Å². The van der Waals surface area contributed by atoms with Gasteiger partial charge in [-0.1, -0.05) is 0 Å². The van der Waals surface area contributed by atoms with Gasteiger partial charge in [-0.25, -0.2) is 0 Å². The van der Waals surface area contributed by atoms with Crippen molar-refractivity contribution in [1.29, 1.82) is 0 Å². The van der Waals surface area contributed by atoms with Gasteiger partial charge >= 0.3 is 267 Å². The van der Waals surface area contributed by atoms with Gasteiger partial charge in [0.25, 0.3) is 0 Å². The van der Waals surface area contributed by atoms with E-state index in [0.29, 0.717) is 0 Å². The van der Waals surface area contributed by atoms with Crippen molar-refractivity contribution in [3.8, 4) is 11.1 Å². The Balaban J connectivity index is 0.00000171. The first kappa shape index (κ1) is 31.6. The quantitative estimate of drug-likeness (QED) is 0.155. The van der Waals surface area contributed by atoms with Crippen LogP contribution in [0.2, 0.25) is 0 Å². The summed E-state index contributed by atoms with van der Waals surface area (Å²) in [7, 11) is 0. The van der Waals surface area contributed by atoms with Crippen LogP contribution in [-0.4, -0.2) is 4.21 Å². The molecular weight excluding hydrogens is 790 g/mol. The summed E-state index contributed by atoms with van der Waals surface area (Å²) in [5.74, 6) is 0. The molecule has 218 valence electrons. The second-order valence-corrected chi connectivity index (χ2v) is 26.5. The van der Waals surface area contributed by atoms with Crippen molar-refractivity contribution in [2.45, 2.75) is 12.8 Å². The van der Waals surface area contributed by atoms with Crippen molar-refractivity contribution >= 4 is 92.2 Å². The zero-order chi connectivity index (χ0) is 28.5. The number of rotatable bonds is 4. The van der Waals surface area contributed by atoms with Crippen LogP contribution < -0.4 is 9.81 Å². The Kier molecular flexibility index (Phi) is 8.44. The second-order valence-electron chi connectivity index (χ2n) is 11.8. The van der Waals surface area contributed by atoms with Crippen molar-refractivity contribution in [2.75, 3.05) is 0 Å². The fourth-order valence-corrected chi connectivity index (χ4v) is 23.6. The van der Waals surface area contributed by atoms with Crippen molar-refractivity contribution in [3.63, 3.8) is 0 Å². The molecule has 0 aromatic heterocycles. The van der Waals surface area contributed by atoms with E-state index in [1.54, 1.807) is 0 Å². The number of hydrogen-bond acceptors (Lipinski definition) is 0. The SMILES string of the molecule is Cl.Cl.[CH2]=[Zr]([C]1=CC=CC1)([c]1ccc(Br)cc1)([c]1ccc(Br)cc1)[c]1cccc2c1c1c(c3ccccc32)-c2ccccc2C1. The van der Waals surface area contributed by atoms with E-state index >= 15 is 0 Å². The van der Waals surface area contributed by atoms with Gasteiger partial charge in [0.05, 0.1) is 0 Å². The summed E-state index contributed by atoms with van der Waals surface area (Å²) >= 11 is 2.65. The fourth-order valence-electron chi connectivity index (χ4n) is 7.89. The molecule has 5 heteroatoms. The molecule has 0 fully saturated rings. The summed E-state index contributed by atoms with van der Waals surface area (Å²) in [6.45, 7) is 0. The summed E-state index contributed by atoms with van der Waals surface area (Å²) in [6.07, 6.45) is 8.80. The van der Waals surface area contributed by atoms with Crippen LogP contribution in [0.1, 0.15) is 17.5 Å². The van der Waals surface area contributed by atoms with Crippen molar-refractivity contribution in [1.82, 2.24) is 0 Å². The molecule has 0 amide bonds. The second kappa shape index (κ2) is 11.8. The van der Waals surface area contributed by atoms with Crippen LogP contribution in [0.25, 0.3) is 32.7 Å². The standard InChI is InChI=1S/C21H13.2C6H4Br.C5H5.CH2.2ClH.Zr/c1-2-8-15-14(7-1)13-20-18-11-4-3-9-16(18)17-10-5-6-12-19(17)21(15)20;2*7-6-4-2-1-3-5-6;1-2-4-5-3-1;;;;/h1-10,12H,13H2;2*2-5H;1-3H,4H2;1H2;2*1H;. The van der Waals surface area contributed by atoms with Crippen LogP contribution in [0.15, 0.2) is 146 Å². The number of halogens is 4. The van der Waals surface area contributed by atoms with E-state index in [1.165, 1.54) is 56.9 Å². The topological polar surface area (TPSA) is 0 Å². The molecule has 0 atom stereocenters. The van der Waals surface area contributed by atoms with Crippen LogP contribution in [0, 0.1) is 0 Å². The first-order valence-electron chi connectivity index (χ1n) is 14.4. The Morgan fingerprint density at radius 2 is 1.20 bits per heavy atom. The summed E-state index contributed by atoms with van der Waals surface area (Å²) in [6, 6.07) is 43.2. The van der Waals surface area contributed by atoms with Gasteiger partial charge in [-0.3, -0.25) is 0 Å². The Labute approximate surface area is 288 Å². The molecule has 44 heavy (non-hydrogen) atoms. The number of fused-ring (bicyclic) bond motifs is 8. The van der Waals surface area contributed by atoms with Gasteiger partial charge in [-0.05, 0) is 0 Å². The Morgan fingerprint density at radius 3 is 1.84 bits per heavy atom. The average Bonchev–Trinajstić information content (AvgIpc) is 3.71. The Morgan fingerprint density at radius 1 is 0.614 bits per heavy atom. The van der Waals surface area contributed by atoms with E-state index < -0.39 is 18.3 Å². The molecule has 2 aliphatic carbocycles. The number of allylic oxidation sites excluding steroid dienone is 4. The van der Waals surface area contributed by atoms with Gasteiger partial charge in [-0.15, -0.1) is 24.8 Å². The van der Waals surface area contributed by atoms with E-state index in [-0.39, 0.29) is 24.8 Å². The van der Waals surface area contributed by atoms with Gasteiger partial charge in [0.2, 0.25) is 0 Å². The average molecular weight is 821 g/mol. The molecule has 0 saturated carbocycles. The number of hydrogen-bond donors (Lipinski definition) is 0. The van der Waals surface area contributed by atoms with Gasteiger partial charge in [0.1, 0.15) is 0 Å². The number of benzene rings is 6. The monoisotopic (exact) mass is 816 g/mol. The van der Waals surface area contributed by atoms with Crippen LogP contribution in [-0.2, 0) is 24.7 Å². The molecule has 0 N–H and O–H groups in total. The van der Waals surface area contributed by atoms with Crippen LogP contribution >= 0.6 is 56.7 Å². The molecule has 0 heterocycles.